The number of hydrogen-bond acceptors (Lipinski definition) is 3. The first kappa shape index (κ1) is 9.48. The van der Waals surface area contributed by atoms with E-state index >= 15 is 0 Å². The zero-order chi connectivity index (χ0) is 9.14. The highest BCUT2D eigenvalue weighted by Crippen LogP contribution is 2.26. The van der Waals surface area contributed by atoms with Crippen LogP contribution in [-0.2, 0) is 4.79 Å². The summed E-state index contributed by atoms with van der Waals surface area (Å²) in [4.78, 5) is 12.2. The van der Waals surface area contributed by atoms with Crippen molar-refractivity contribution in [1.82, 2.24) is 0 Å². The van der Waals surface area contributed by atoms with Gasteiger partial charge < -0.3 is 5.32 Å². The predicted molar refractivity (Wildman–Crippen MR) is 55.2 cm³/mol. The van der Waals surface area contributed by atoms with Gasteiger partial charge in [0.1, 0.15) is 0 Å². The average Bonchev–Trinajstić information content (AvgIpc) is 1.98. The lowest BCUT2D eigenvalue weighted by Gasteiger charge is -2.06. The SMILES string of the molecule is CC(=O)Nc1cccc(S)c1S. The number of nitrogens with one attached hydrogen (secondary N) is 1. The third-order valence-corrected chi connectivity index (χ3v) is 2.36. The van der Waals surface area contributed by atoms with E-state index in [-0.39, 0.29) is 5.91 Å². The summed E-state index contributed by atoms with van der Waals surface area (Å²) in [6.07, 6.45) is 0. The molecule has 4 heteroatoms. The number of carbonyl (C=O) groups excluding carboxylic acids is 1. The maximum atomic E-state index is 10.7. The molecule has 0 unspecified atom stereocenters. The Morgan fingerprint density at radius 2 is 2.08 bits per heavy atom. The first-order valence-electron chi connectivity index (χ1n) is 3.40. The molecule has 0 spiro atoms. The van der Waals surface area contributed by atoms with Crippen molar-refractivity contribution in [3.05, 3.63) is 18.2 Å². The smallest absolute Gasteiger partial charge is 0.221 e. The van der Waals surface area contributed by atoms with Gasteiger partial charge in [-0.2, -0.15) is 0 Å². The van der Waals surface area contributed by atoms with Crippen LogP contribution in [0.3, 0.4) is 0 Å². The van der Waals surface area contributed by atoms with Crippen LogP contribution in [-0.4, -0.2) is 5.91 Å². The number of carbonyl (C=O) groups is 1. The standard InChI is InChI=1S/C8H9NOS2/c1-5(10)9-6-3-2-4-7(11)8(6)12/h2-4,11-12H,1H3,(H,9,10). The summed E-state index contributed by atoms with van der Waals surface area (Å²) >= 11 is 8.36. The minimum absolute atomic E-state index is 0.107. The quantitative estimate of drug-likeness (QED) is 0.595. The third kappa shape index (κ3) is 2.19. The second kappa shape index (κ2) is 3.87. The highest BCUT2D eigenvalue weighted by Gasteiger charge is 2.02. The highest BCUT2D eigenvalue weighted by molar-refractivity contribution is 7.83. The van der Waals surface area contributed by atoms with E-state index in [1.165, 1.54) is 6.92 Å². The maximum Gasteiger partial charge on any atom is 0.221 e. The molecular formula is C8H9NOS2. The summed E-state index contributed by atoms with van der Waals surface area (Å²) in [6.45, 7) is 1.46. The van der Waals surface area contributed by atoms with Crippen LogP contribution in [0, 0.1) is 0 Å². The third-order valence-electron chi connectivity index (χ3n) is 1.33. The highest BCUT2D eigenvalue weighted by atomic mass is 32.1. The van der Waals surface area contributed by atoms with Gasteiger partial charge in [-0.1, -0.05) is 6.07 Å². The van der Waals surface area contributed by atoms with Crippen LogP contribution in [0.15, 0.2) is 28.0 Å². The van der Waals surface area contributed by atoms with Crippen molar-refractivity contribution < 1.29 is 4.79 Å². The zero-order valence-electron chi connectivity index (χ0n) is 6.53. The van der Waals surface area contributed by atoms with E-state index in [0.29, 0.717) is 10.6 Å². The lowest BCUT2D eigenvalue weighted by Crippen LogP contribution is -2.06. The van der Waals surface area contributed by atoms with E-state index in [9.17, 15) is 4.79 Å². The number of anilines is 1. The number of hydrogen-bond donors (Lipinski definition) is 3. The first-order valence-corrected chi connectivity index (χ1v) is 4.29. The number of amides is 1. The minimum Gasteiger partial charge on any atom is -0.325 e. The fraction of sp³-hybridized carbons (Fsp3) is 0.125. The van der Waals surface area contributed by atoms with Crippen LogP contribution in [0.4, 0.5) is 5.69 Å². The Kier molecular flexibility index (Phi) is 3.05. The largest absolute Gasteiger partial charge is 0.325 e. The van der Waals surface area contributed by atoms with Crippen molar-refractivity contribution >= 4 is 36.9 Å². The molecule has 0 heterocycles. The zero-order valence-corrected chi connectivity index (χ0v) is 8.32. The van der Waals surface area contributed by atoms with Gasteiger partial charge in [-0.25, -0.2) is 0 Å². The number of rotatable bonds is 1. The molecule has 0 aliphatic heterocycles. The molecule has 0 saturated heterocycles. The fourth-order valence-corrected chi connectivity index (χ4v) is 1.23. The van der Waals surface area contributed by atoms with Gasteiger partial charge in [-0.05, 0) is 12.1 Å². The van der Waals surface area contributed by atoms with E-state index < -0.39 is 0 Å². The molecule has 0 saturated carbocycles. The van der Waals surface area contributed by atoms with E-state index in [2.05, 4.69) is 30.6 Å². The summed E-state index contributed by atoms with van der Waals surface area (Å²) < 4.78 is 0. The van der Waals surface area contributed by atoms with Gasteiger partial charge >= 0.3 is 0 Å². The lowest BCUT2D eigenvalue weighted by molar-refractivity contribution is -0.114. The Bertz CT molecular complexity index is 312. The molecule has 12 heavy (non-hydrogen) atoms. The van der Waals surface area contributed by atoms with Gasteiger partial charge in [-0.15, -0.1) is 25.3 Å². The molecule has 0 aromatic heterocycles. The van der Waals surface area contributed by atoms with Crippen molar-refractivity contribution in [3.8, 4) is 0 Å². The second-order valence-corrected chi connectivity index (χ2v) is 3.28. The summed E-state index contributed by atoms with van der Waals surface area (Å²) in [7, 11) is 0. The number of thiol groups is 2. The molecule has 2 nitrogen and oxygen atoms in total. The lowest BCUT2D eigenvalue weighted by atomic mass is 10.3. The summed E-state index contributed by atoms with van der Waals surface area (Å²) in [5, 5.41) is 2.65. The predicted octanol–water partition coefficient (Wildman–Crippen LogP) is 2.22. The molecule has 1 aromatic carbocycles. The molecule has 0 aliphatic rings. The average molecular weight is 199 g/mol. The van der Waals surface area contributed by atoms with Crippen molar-refractivity contribution in [2.45, 2.75) is 16.7 Å². The molecule has 1 amide bonds. The topological polar surface area (TPSA) is 29.1 Å². The summed E-state index contributed by atoms with van der Waals surface area (Å²) in [5.41, 5.74) is 0.693. The van der Waals surface area contributed by atoms with Crippen molar-refractivity contribution in [2.75, 3.05) is 5.32 Å². The normalized spacial score (nSPS) is 9.58. The molecular weight excluding hydrogens is 190 g/mol. The Morgan fingerprint density at radius 3 is 2.67 bits per heavy atom. The Balaban J connectivity index is 3.00. The van der Waals surface area contributed by atoms with Gasteiger partial charge in [0.15, 0.2) is 0 Å². The second-order valence-electron chi connectivity index (χ2n) is 2.35. The molecule has 64 valence electrons. The number of benzene rings is 1. The van der Waals surface area contributed by atoms with Crippen LogP contribution in [0.5, 0.6) is 0 Å². The van der Waals surface area contributed by atoms with Crippen LogP contribution >= 0.6 is 25.3 Å². The van der Waals surface area contributed by atoms with Gasteiger partial charge in [-0.3, -0.25) is 4.79 Å². The fourth-order valence-electron chi connectivity index (χ4n) is 0.822. The van der Waals surface area contributed by atoms with Gasteiger partial charge in [0.25, 0.3) is 0 Å². The molecule has 0 fully saturated rings. The minimum atomic E-state index is -0.107. The van der Waals surface area contributed by atoms with Crippen LogP contribution in [0.1, 0.15) is 6.92 Å². The Labute approximate surface area is 82.2 Å². The van der Waals surface area contributed by atoms with Crippen molar-refractivity contribution in [1.29, 1.82) is 0 Å². The van der Waals surface area contributed by atoms with Crippen LogP contribution in [0.25, 0.3) is 0 Å². The van der Waals surface area contributed by atoms with Crippen molar-refractivity contribution in [3.63, 3.8) is 0 Å². The Hall–Kier alpha value is -0.610. The summed E-state index contributed by atoms with van der Waals surface area (Å²) in [5.74, 6) is -0.107. The Morgan fingerprint density at radius 1 is 1.42 bits per heavy atom. The van der Waals surface area contributed by atoms with E-state index in [4.69, 9.17) is 0 Å². The van der Waals surface area contributed by atoms with Gasteiger partial charge in [0.05, 0.1) is 5.69 Å². The van der Waals surface area contributed by atoms with Crippen molar-refractivity contribution in [2.24, 2.45) is 0 Å². The molecule has 0 atom stereocenters. The summed E-state index contributed by atoms with van der Waals surface area (Å²) in [6, 6.07) is 5.41. The van der Waals surface area contributed by atoms with E-state index in [1.54, 1.807) is 6.07 Å². The first-order chi connectivity index (χ1) is 5.61. The molecule has 0 radical (unpaired) electrons. The molecule has 1 aromatic rings. The van der Waals surface area contributed by atoms with Crippen LogP contribution < -0.4 is 5.32 Å². The van der Waals surface area contributed by atoms with E-state index in [1.807, 2.05) is 12.1 Å². The van der Waals surface area contributed by atoms with Gasteiger partial charge in [0.2, 0.25) is 5.91 Å². The molecule has 1 rings (SSSR count). The monoisotopic (exact) mass is 199 g/mol. The molecule has 0 aliphatic carbocycles. The van der Waals surface area contributed by atoms with E-state index in [0.717, 1.165) is 4.90 Å². The maximum absolute atomic E-state index is 10.7. The molecule has 1 N–H and O–H groups in total. The molecule has 0 bridgehead atoms. The van der Waals surface area contributed by atoms with Gasteiger partial charge in [0, 0.05) is 16.7 Å². The van der Waals surface area contributed by atoms with Crippen LogP contribution in [0.2, 0.25) is 0 Å².